The molecule has 0 aliphatic rings. The second kappa shape index (κ2) is 5.85. The van der Waals surface area contributed by atoms with E-state index in [-0.39, 0.29) is 5.82 Å². The first kappa shape index (κ1) is 11.3. The van der Waals surface area contributed by atoms with Crippen molar-refractivity contribution >= 4 is 13.6 Å². The standard InChI is InChI=1S/C8H8F.BrH.Zn/c1-6-4-3-5-7(2)8(6)9;;/h4-5H,1-2H3;1H;/q-1;;+2/p-1. The summed E-state index contributed by atoms with van der Waals surface area (Å²) < 4.78 is 12.7. The molecule has 0 unspecified atom stereocenters. The monoisotopic (exact) mass is 266 g/mol. The molecule has 1 aromatic carbocycles. The summed E-state index contributed by atoms with van der Waals surface area (Å²) >= 11 is 4.25. The molecular formula is C8H8BrFZn. The molecule has 0 heterocycles. The molecular weight excluding hydrogens is 260 g/mol. The van der Waals surface area contributed by atoms with E-state index in [1.54, 1.807) is 26.0 Å². The number of halogens is 2. The molecule has 0 saturated heterocycles. The van der Waals surface area contributed by atoms with Crippen molar-refractivity contribution in [2.75, 3.05) is 0 Å². The van der Waals surface area contributed by atoms with E-state index in [4.69, 9.17) is 0 Å². The molecule has 0 spiro atoms. The van der Waals surface area contributed by atoms with Crippen molar-refractivity contribution in [3.63, 3.8) is 0 Å². The molecule has 0 N–H and O–H groups in total. The van der Waals surface area contributed by atoms with Crippen molar-refractivity contribution in [2.24, 2.45) is 0 Å². The SMILES string of the molecule is Cc1c[c-]cc(C)c1F.[Zn+][Br]. The van der Waals surface area contributed by atoms with Crippen LogP contribution in [-0.4, -0.2) is 0 Å². The molecule has 0 atom stereocenters. The van der Waals surface area contributed by atoms with E-state index in [0.29, 0.717) is 11.1 Å². The average molecular weight is 268 g/mol. The van der Waals surface area contributed by atoms with Gasteiger partial charge in [-0.15, -0.1) is 11.1 Å². The first-order valence-corrected chi connectivity index (χ1v) is 10.1. The van der Waals surface area contributed by atoms with Gasteiger partial charge in [0, 0.05) is 5.82 Å². The Labute approximate surface area is 83.2 Å². The van der Waals surface area contributed by atoms with Crippen LogP contribution in [0.25, 0.3) is 0 Å². The summed E-state index contributed by atoms with van der Waals surface area (Å²) in [5.74, 6) is -0.117. The van der Waals surface area contributed by atoms with Crippen LogP contribution in [0.3, 0.4) is 0 Å². The molecule has 11 heavy (non-hydrogen) atoms. The maximum absolute atomic E-state index is 12.7. The van der Waals surface area contributed by atoms with Crippen LogP contribution in [0.2, 0.25) is 0 Å². The van der Waals surface area contributed by atoms with Gasteiger partial charge < -0.3 is 0 Å². The second-order valence-electron chi connectivity index (χ2n) is 2.14. The normalized spacial score (nSPS) is 8.55. The van der Waals surface area contributed by atoms with Gasteiger partial charge in [-0.05, 0) is 0 Å². The molecule has 0 aliphatic heterocycles. The molecule has 3 heteroatoms. The summed E-state index contributed by atoms with van der Waals surface area (Å²) in [6, 6.07) is 6.11. The van der Waals surface area contributed by atoms with Crippen LogP contribution < -0.4 is 0 Å². The van der Waals surface area contributed by atoms with Crippen molar-refractivity contribution in [3.8, 4) is 0 Å². The van der Waals surface area contributed by atoms with E-state index >= 15 is 0 Å². The Hall–Kier alpha value is 0.253. The Kier molecular flexibility index (Phi) is 5.98. The van der Waals surface area contributed by atoms with E-state index in [0.717, 1.165) is 0 Å². The zero-order chi connectivity index (χ0) is 8.85. The fraction of sp³-hybridized carbons (Fsp3) is 0.250. The predicted octanol–water partition coefficient (Wildman–Crippen LogP) is 3.09. The first-order chi connectivity index (χ1) is 5.22. The van der Waals surface area contributed by atoms with Gasteiger partial charge in [0.05, 0.1) is 0 Å². The summed E-state index contributed by atoms with van der Waals surface area (Å²) in [5, 5.41) is 0. The third-order valence-corrected chi connectivity index (χ3v) is 1.29. The van der Waals surface area contributed by atoms with Crippen LogP contribution in [0.5, 0.6) is 0 Å². The van der Waals surface area contributed by atoms with E-state index in [9.17, 15) is 4.39 Å². The van der Waals surface area contributed by atoms with Crippen molar-refractivity contribution < 1.29 is 20.7 Å². The molecule has 0 amide bonds. The van der Waals surface area contributed by atoms with Crippen LogP contribution in [0.4, 0.5) is 4.39 Å². The van der Waals surface area contributed by atoms with Crippen molar-refractivity contribution in [1.29, 1.82) is 0 Å². The van der Waals surface area contributed by atoms with E-state index in [1.807, 2.05) is 0 Å². The Bertz CT molecular complexity index is 205. The van der Waals surface area contributed by atoms with Gasteiger partial charge in [-0.3, -0.25) is 0 Å². The third-order valence-electron chi connectivity index (χ3n) is 1.29. The number of aryl methyl sites for hydroxylation is 2. The zero-order valence-corrected chi connectivity index (χ0v) is 11.2. The summed E-state index contributed by atoms with van der Waals surface area (Å²) in [5.41, 5.74) is 1.32. The van der Waals surface area contributed by atoms with E-state index in [1.165, 1.54) is 16.3 Å². The number of benzene rings is 1. The summed E-state index contributed by atoms with van der Waals surface area (Å²) in [7, 11) is 0. The predicted molar refractivity (Wildman–Crippen MR) is 43.6 cm³/mol. The molecule has 0 aliphatic carbocycles. The van der Waals surface area contributed by atoms with Gasteiger partial charge >= 0.3 is 30.0 Å². The molecule has 0 bridgehead atoms. The molecule has 0 radical (unpaired) electrons. The van der Waals surface area contributed by atoms with Gasteiger partial charge in [-0.25, -0.2) is 4.39 Å². The van der Waals surface area contributed by atoms with Gasteiger partial charge in [0.15, 0.2) is 0 Å². The quantitative estimate of drug-likeness (QED) is 0.501. The molecule has 0 nitrogen and oxygen atoms in total. The zero-order valence-electron chi connectivity index (χ0n) is 6.62. The van der Waals surface area contributed by atoms with Gasteiger partial charge in [-0.1, -0.05) is 13.8 Å². The van der Waals surface area contributed by atoms with Crippen LogP contribution in [0.1, 0.15) is 11.1 Å². The van der Waals surface area contributed by atoms with Crippen molar-refractivity contribution in [3.05, 3.63) is 35.1 Å². The number of hydrogen-bond acceptors (Lipinski definition) is 0. The minimum absolute atomic E-state index is 0.117. The average Bonchev–Trinajstić information content (AvgIpc) is 2.04. The Morgan fingerprint density at radius 3 is 1.91 bits per heavy atom. The Morgan fingerprint density at radius 1 is 1.27 bits per heavy atom. The summed E-state index contributed by atoms with van der Waals surface area (Å²) in [6.45, 7) is 3.47. The Balaban J connectivity index is 0.000000461. The van der Waals surface area contributed by atoms with Crippen molar-refractivity contribution in [1.82, 2.24) is 0 Å². The van der Waals surface area contributed by atoms with E-state index in [2.05, 4.69) is 19.7 Å². The molecule has 0 aromatic heterocycles. The van der Waals surface area contributed by atoms with Crippen LogP contribution >= 0.6 is 13.6 Å². The van der Waals surface area contributed by atoms with Crippen LogP contribution in [-0.2, 0) is 16.3 Å². The number of rotatable bonds is 0. The topological polar surface area (TPSA) is 0 Å². The van der Waals surface area contributed by atoms with Gasteiger partial charge in [0.25, 0.3) is 0 Å². The summed E-state index contributed by atoms with van der Waals surface area (Å²) in [4.78, 5) is 0. The fourth-order valence-electron chi connectivity index (χ4n) is 0.729. The molecule has 56 valence electrons. The Morgan fingerprint density at radius 2 is 1.64 bits per heavy atom. The summed E-state index contributed by atoms with van der Waals surface area (Å²) in [6.07, 6.45) is 0. The van der Waals surface area contributed by atoms with Gasteiger partial charge in [0.1, 0.15) is 0 Å². The first-order valence-electron chi connectivity index (χ1n) is 3.11. The van der Waals surface area contributed by atoms with E-state index < -0.39 is 0 Å². The fourth-order valence-corrected chi connectivity index (χ4v) is 0.729. The van der Waals surface area contributed by atoms with Gasteiger partial charge in [0.2, 0.25) is 0 Å². The molecule has 1 aromatic rings. The molecule has 0 saturated carbocycles. The molecule has 1 rings (SSSR count). The minimum atomic E-state index is -0.117. The molecule has 0 fully saturated rings. The third kappa shape index (κ3) is 3.44. The van der Waals surface area contributed by atoms with Crippen molar-refractivity contribution in [2.45, 2.75) is 13.8 Å². The maximum atomic E-state index is 12.7. The van der Waals surface area contributed by atoms with Gasteiger partial charge in [-0.2, -0.15) is 18.2 Å². The second-order valence-corrected chi connectivity index (χ2v) is 2.14. The van der Waals surface area contributed by atoms with Crippen LogP contribution in [0.15, 0.2) is 12.1 Å². The van der Waals surface area contributed by atoms with Crippen LogP contribution in [0, 0.1) is 25.7 Å². The number of hydrogen-bond donors (Lipinski definition) is 0.